The van der Waals surface area contributed by atoms with E-state index in [1.165, 1.54) is 258 Å². The summed E-state index contributed by atoms with van der Waals surface area (Å²) in [6.45, 7) is 24.2. The minimum Gasteiger partial charge on any atom is -0.351 e. The predicted octanol–water partition coefficient (Wildman–Crippen LogP) is 28.4. The molecule has 0 spiro atoms. The first-order valence-electron chi connectivity index (χ1n) is 52.0. The zero-order chi connectivity index (χ0) is 95.6. The number of thiophene rings is 2. The van der Waals surface area contributed by atoms with Gasteiger partial charge in [0.1, 0.15) is 0 Å². The quantitative estimate of drug-likeness (QED) is 0.127. The molecular formula is C124H136N14S2. The fourth-order valence-electron chi connectivity index (χ4n) is 25.5. The number of hydrogen-bond acceptors (Lipinski definition) is 10. The first-order chi connectivity index (χ1) is 68.2. The van der Waals surface area contributed by atoms with E-state index < -0.39 is 0 Å². The Balaban J connectivity index is 0.0000000977. The second kappa shape index (κ2) is 38.1. The second-order valence-corrected chi connectivity index (χ2v) is 44.6. The van der Waals surface area contributed by atoms with E-state index in [0.717, 1.165) is 116 Å². The summed E-state index contributed by atoms with van der Waals surface area (Å²) in [5.74, 6) is 0.760. The molecular weight excluding hydrogens is 1750 g/mol. The number of hydrogen-bond donors (Lipinski definition) is 0. The Kier molecular flexibility index (Phi) is 25.0. The predicted molar refractivity (Wildman–Crippen MR) is 595 cm³/mol. The van der Waals surface area contributed by atoms with Crippen LogP contribution in [0.5, 0.6) is 0 Å². The van der Waals surface area contributed by atoms with Crippen molar-refractivity contribution in [3.8, 4) is 0 Å². The number of benzene rings is 8. The van der Waals surface area contributed by atoms with E-state index >= 15 is 0 Å². The lowest BCUT2D eigenvalue weighted by atomic mass is 9.97. The zero-order valence-electron chi connectivity index (χ0n) is 84.9. The van der Waals surface area contributed by atoms with E-state index in [1.54, 1.807) is 73.1 Å². The molecule has 8 aromatic carbocycles. The minimum absolute atomic E-state index is 0.760. The molecule has 0 fully saturated rings. The van der Waals surface area contributed by atoms with Gasteiger partial charge in [0.15, 0.2) is 0 Å². The Morgan fingerprint density at radius 1 is 0.300 bits per heavy atom. The summed E-state index contributed by atoms with van der Waals surface area (Å²) in [7, 11) is 17.3. The van der Waals surface area contributed by atoms with Crippen LogP contribution in [0.15, 0.2) is 206 Å². The van der Waals surface area contributed by atoms with Crippen LogP contribution < -0.4 is 4.90 Å². The molecule has 0 N–H and O–H groups in total. The molecule has 0 unspecified atom stereocenters. The lowest BCUT2D eigenvalue weighted by Crippen LogP contribution is -2.27. The maximum Gasteiger partial charge on any atom is 0.224 e. The van der Waals surface area contributed by atoms with Gasteiger partial charge in [0.05, 0.1) is 27.6 Å². The van der Waals surface area contributed by atoms with E-state index in [2.05, 4.69) is 339 Å². The number of fused-ring (bicyclic) bond motifs is 17. The monoisotopic (exact) mass is 1890 g/mol. The van der Waals surface area contributed by atoms with Crippen LogP contribution in [0.25, 0.3) is 132 Å². The van der Waals surface area contributed by atoms with Crippen LogP contribution >= 0.6 is 22.7 Å². The van der Waals surface area contributed by atoms with Gasteiger partial charge in [0, 0.05) is 247 Å². The Hall–Kier alpha value is -12.0. The molecule has 0 atom stereocenters. The summed E-state index contributed by atoms with van der Waals surface area (Å²) < 4.78 is 16.8. The molecule has 10 aliphatic rings. The van der Waals surface area contributed by atoms with Gasteiger partial charge in [0.25, 0.3) is 0 Å². The van der Waals surface area contributed by atoms with Gasteiger partial charge < -0.3 is 56.8 Å². The van der Waals surface area contributed by atoms with Crippen LogP contribution in [0.1, 0.15) is 213 Å². The largest absolute Gasteiger partial charge is 0.351 e. The summed E-state index contributed by atoms with van der Waals surface area (Å²) in [6, 6.07) is 68.7. The Morgan fingerprint density at radius 2 is 0.657 bits per heavy atom. The molecule has 27 rings (SSSR count). The fourth-order valence-corrected chi connectivity index (χ4v) is 27.7. The van der Waals surface area contributed by atoms with Gasteiger partial charge in [-0.3, -0.25) is 0 Å². The van der Waals surface area contributed by atoms with Crippen molar-refractivity contribution >= 4 is 160 Å². The first-order valence-corrected chi connectivity index (χ1v) is 53.7. The molecule has 9 aromatic heterocycles. The highest BCUT2D eigenvalue weighted by Gasteiger charge is 2.36. The lowest BCUT2D eigenvalue weighted by molar-refractivity contribution is 0.311. The third kappa shape index (κ3) is 16.9. The van der Waals surface area contributed by atoms with Crippen LogP contribution in [0.3, 0.4) is 0 Å². The van der Waals surface area contributed by atoms with Crippen molar-refractivity contribution < 1.29 is 0 Å². The molecule has 17 aromatic rings. The number of likely N-dealkylation sites (N-methyl/N-ethyl adjacent to an activating group) is 5. The zero-order valence-corrected chi connectivity index (χ0v) is 86.6. The van der Waals surface area contributed by atoms with Gasteiger partial charge in [-0.05, 0) is 352 Å². The van der Waals surface area contributed by atoms with Crippen LogP contribution in [0.4, 0.5) is 5.95 Å². The summed E-state index contributed by atoms with van der Waals surface area (Å²) in [6.07, 6.45) is 29.8. The van der Waals surface area contributed by atoms with Crippen molar-refractivity contribution in [1.82, 2.24) is 61.9 Å². The van der Waals surface area contributed by atoms with Gasteiger partial charge in [-0.1, -0.05) is 119 Å². The molecule has 0 bridgehead atoms. The summed E-state index contributed by atoms with van der Waals surface area (Å²) in [5.41, 5.74) is 49.8. The standard InChI is InChI=1S/C28H28N2.C26H26N2S.C24H29N5.C23H27N3.C23H26N2S/c1-19-13-14-27-24(17-19)25-18-29(2)16-15-28(25)30(27)26-12-6-11-23(26)22-10-5-8-20-7-3-4-9-21(20)22;1-17-10-11-23-20(14-17)21-16-27(2)13-12-24(21)28(23)22-8-5-7-19(22)26-15-18-6-3-4-9-25(18)29-26;1-16-8-9-22-19(12-16)20-15-28(4)11-10-23(20)29(22)21-7-5-6-18(21)17-13-25-24(26-14-17)27(2)3;1-16-9-10-22-18(14-16)19-15-24(2)13-11-23(19)26(22)21-7-4-6-17(21)20-8-5-12-25(20)3;1-15-7-8-21-18(11-15)19-13-24(3)10-9-22(19)25(21)20-6-4-5-17(20)23-12-16(2)14-26-23/h3-5,7-10,13-14,17H,6,11-12,15-16,18H2,1-2H3;3-4,6,9-11,14-15H,5,7-8,12-13,16H2,1-2H3;8-9,12-14H,5-7,10-11,15H2,1-4H3;5,8-10,12,14H,4,6-7,11,13,15H2,1-3H3;7-8,11-12,14H,4-6,9-10,13H2,1-3H3. The Morgan fingerprint density at radius 3 is 1.05 bits per heavy atom. The molecule has 0 amide bonds. The number of aryl methyl sites for hydroxylation is 7. The molecule has 0 saturated carbocycles. The van der Waals surface area contributed by atoms with E-state index in [9.17, 15) is 0 Å². The Bertz CT molecular complexity index is 7890. The van der Waals surface area contributed by atoms with Gasteiger partial charge in [-0.15, -0.1) is 22.7 Å². The van der Waals surface area contributed by atoms with Crippen molar-refractivity contribution in [2.45, 2.75) is 203 Å². The second-order valence-electron chi connectivity index (χ2n) is 42.6. The number of nitrogens with zero attached hydrogens (tertiary/aromatic N) is 14. The lowest BCUT2D eigenvalue weighted by Gasteiger charge is -2.25. The fraction of sp³-hybridized carbons (Fsp3) is 0.355. The van der Waals surface area contributed by atoms with E-state index in [1.807, 2.05) is 54.1 Å². The summed E-state index contributed by atoms with van der Waals surface area (Å²) >= 11 is 3.88. The third-order valence-electron chi connectivity index (χ3n) is 32.3. The molecule has 0 radical (unpaired) electrons. The summed E-state index contributed by atoms with van der Waals surface area (Å²) in [4.78, 5) is 26.3. The molecule has 5 aliphatic carbocycles. The average Bonchev–Trinajstić information content (AvgIpc) is 1.60. The molecule has 14 nitrogen and oxygen atoms in total. The highest BCUT2D eigenvalue weighted by Crippen LogP contribution is 2.51. The highest BCUT2D eigenvalue weighted by molar-refractivity contribution is 7.20. The SMILES string of the molecule is Cc1ccc2c(c1)c1c(n2C2=C(c3cc4ccccc4s3)CCC2)CCN(C)C1.Cc1ccc2c(c1)c1c(n2C2=C(c3cccc4ccccc34)CCC2)CCN(C)C1.Cc1ccc2c(c1)c1c(n2C2=C(c3cccn3C)CCC2)CCN(C)C1.Cc1ccc2c(c1)c1c(n2C2=C(c3cnc(N(C)C)nc3)CCC2)CCN(C)C1.Cc1csc(C2=C(n3c4c(c5cc(C)ccc53)CN(C)CC4)CCC2)c1. The molecule has 140 heavy (non-hydrogen) atoms. The van der Waals surface area contributed by atoms with Gasteiger partial charge in [0.2, 0.25) is 5.95 Å². The third-order valence-corrected chi connectivity index (χ3v) is 34.6. The van der Waals surface area contributed by atoms with E-state index in [0.29, 0.717) is 0 Å². The smallest absolute Gasteiger partial charge is 0.224 e. The van der Waals surface area contributed by atoms with Gasteiger partial charge >= 0.3 is 0 Å². The first kappa shape index (κ1) is 91.8. The van der Waals surface area contributed by atoms with Gasteiger partial charge in [-0.2, -0.15) is 0 Å². The van der Waals surface area contributed by atoms with Crippen molar-refractivity contribution in [3.63, 3.8) is 0 Å². The van der Waals surface area contributed by atoms with Crippen molar-refractivity contribution in [2.75, 3.05) is 87.0 Å². The number of rotatable bonds is 11. The number of anilines is 1. The molecule has 5 aliphatic heterocycles. The summed E-state index contributed by atoms with van der Waals surface area (Å²) in [5, 5.41) is 13.6. The maximum absolute atomic E-state index is 4.57. The van der Waals surface area contributed by atoms with Gasteiger partial charge in [-0.25, -0.2) is 9.97 Å². The van der Waals surface area contributed by atoms with Crippen LogP contribution in [0, 0.1) is 41.5 Å². The number of aromatic nitrogens is 8. The highest BCUT2D eigenvalue weighted by atomic mass is 32.1. The molecule has 714 valence electrons. The number of allylic oxidation sites excluding steroid dienone is 10. The minimum atomic E-state index is 0.760. The van der Waals surface area contributed by atoms with E-state index in [4.69, 9.17) is 0 Å². The van der Waals surface area contributed by atoms with Crippen molar-refractivity contribution in [3.05, 3.63) is 322 Å². The van der Waals surface area contributed by atoms with Crippen LogP contribution in [0.2, 0.25) is 0 Å². The average molecular weight is 1890 g/mol. The van der Waals surface area contributed by atoms with E-state index in [-0.39, 0.29) is 0 Å². The maximum atomic E-state index is 4.57. The van der Waals surface area contributed by atoms with Crippen molar-refractivity contribution in [1.29, 1.82) is 0 Å². The normalized spacial score (nSPS) is 17.6. The molecule has 14 heterocycles. The van der Waals surface area contributed by atoms with Crippen LogP contribution in [-0.4, -0.2) is 144 Å². The molecule has 16 heteroatoms. The molecule has 0 saturated heterocycles. The Labute approximate surface area is 835 Å². The van der Waals surface area contributed by atoms with Crippen LogP contribution in [-0.2, 0) is 71.9 Å². The van der Waals surface area contributed by atoms with Crippen molar-refractivity contribution in [2.24, 2.45) is 7.05 Å². The topological polar surface area (TPSA) is 74.8 Å².